The maximum Gasteiger partial charge on any atom is 0.341 e. The van der Waals surface area contributed by atoms with Crippen LogP contribution in [0.3, 0.4) is 0 Å². The predicted molar refractivity (Wildman–Crippen MR) is 110 cm³/mol. The highest BCUT2D eigenvalue weighted by Crippen LogP contribution is 2.20. The van der Waals surface area contributed by atoms with Gasteiger partial charge in [0.25, 0.3) is 5.91 Å². The summed E-state index contributed by atoms with van der Waals surface area (Å²) in [4.78, 5) is 40.5. The van der Waals surface area contributed by atoms with E-state index in [4.69, 9.17) is 4.74 Å². The van der Waals surface area contributed by atoms with Crippen molar-refractivity contribution in [2.45, 2.75) is 58.7 Å². The van der Waals surface area contributed by atoms with Crippen molar-refractivity contribution < 1.29 is 19.1 Å². The number of ether oxygens (including phenoxy) is 1. The zero-order chi connectivity index (χ0) is 21.3. The Hall–Kier alpha value is -2.09. The second kappa shape index (κ2) is 11.7. The molecule has 8 heteroatoms. The molecule has 0 aromatic carbocycles. The van der Waals surface area contributed by atoms with Crippen molar-refractivity contribution in [3.8, 4) is 0 Å². The van der Waals surface area contributed by atoms with Crippen LogP contribution in [0, 0.1) is 11.8 Å². The highest BCUT2D eigenvalue weighted by atomic mass is 32.2. The van der Waals surface area contributed by atoms with E-state index in [1.165, 1.54) is 0 Å². The lowest BCUT2D eigenvalue weighted by atomic mass is 10.1. The molecule has 2 N–H and O–H groups in total. The summed E-state index contributed by atoms with van der Waals surface area (Å²) in [6.45, 7) is 11.5. The molecule has 1 aromatic heterocycles. The van der Waals surface area contributed by atoms with E-state index >= 15 is 0 Å². The van der Waals surface area contributed by atoms with E-state index in [-0.39, 0.29) is 47.7 Å². The largest absolute Gasteiger partial charge is 0.452 e. The fraction of sp³-hybridized carbons (Fsp3) is 0.600. The molecule has 2 atom stereocenters. The number of carbonyl (C=O) groups is 3. The van der Waals surface area contributed by atoms with Gasteiger partial charge in [0.1, 0.15) is 5.03 Å². The summed E-state index contributed by atoms with van der Waals surface area (Å²) in [5, 5.41) is 6.09. The SMILES string of the molecule is CC(C)[C@H](C)NC(=O)COC(=O)c1cccnc1SCC(=O)N[C@@H](C)C(C)C. The van der Waals surface area contributed by atoms with Gasteiger partial charge in [0, 0.05) is 18.3 Å². The van der Waals surface area contributed by atoms with Gasteiger partial charge in [0.05, 0.1) is 11.3 Å². The minimum Gasteiger partial charge on any atom is -0.452 e. The Bertz CT molecular complexity index is 679. The van der Waals surface area contributed by atoms with E-state index in [0.29, 0.717) is 10.9 Å². The average molecular weight is 410 g/mol. The van der Waals surface area contributed by atoms with Gasteiger partial charge >= 0.3 is 5.97 Å². The molecule has 7 nitrogen and oxygen atoms in total. The van der Waals surface area contributed by atoms with Crippen LogP contribution >= 0.6 is 11.8 Å². The first-order valence-electron chi connectivity index (χ1n) is 9.45. The number of pyridine rings is 1. The van der Waals surface area contributed by atoms with Crippen LogP contribution in [-0.4, -0.2) is 47.2 Å². The van der Waals surface area contributed by atoms with Gasteiger partial charge in [0.2, 0.25) is 5.91 Å². The Kier molecular flexibility index (Phi) is 9.99. The minimum atomic E-state index is -0.640. The first kappa shape index (κ1) is 23.9. The van der Waals surface area contributed by atoms with Gasteiger partial charge in [-0.25, -0.2) is 9.78 Å². The summed E-state index contributed by atoms with van der Waals surface area (Å²) in [5.41, 5.74) is 0.238. The van der Waals surface area contributed by atoms with Crippen molar-refractivity contribution in [2.75, 3.05) is 12.4 Å². The number of thioether (sulfide) groups is 1. The maximum atomic E-state index is 12.3. The number of rotatable bonds is 10. The first-order valence-corrected chi connectivity index (χ1v) is 10.4. The van der Waals surface area contributed by atoms with Gasteiger partial charge < -0.3 is 15.4 Å². The molecule has 1 aromatic rings. The third kappa shape index (κ3) is 8.29. The van der Waals surface area contributed by atoms with Crippen LogP contribution in [0.4, 0.5) is 0 Å². The van der Waals surface area contributed by atoms with Crippen molar-refractivity contribution in [1.82, 2.24) is 15.6 Å². The summed E-state index contributed by atoms with van der Waals surface area (Å²) >= 11 is 1.16. The molecule has 0 radical (unpaired) electrons. The number of nitrogens with zero attached hydrogens (tertiary/aromatic N) is 1. The monoisotopic (exact) mass is 409 g/mol. The van der Waals surface area contributed by atoms with Gasteiger partial charge in [-0.3, -0.25) is 9.59 Å². The topological polar surface area (TPSA) is 97.4 Å². The van der Waals surface area contributed by atoms with Crippen molar-refractivity contribution in [2.24, 2.45) is 11.8 Å². The summed E-state index contributed by atoms with van der Waals surface area (Å²) in [6, 6.07) is 3.24. The number of hydrogen-bond donors (Lipinski definition) is 2. The molecular weight excluding hydrogens is 378 g/mol. The molecule has 0 fully saturated rings. The first-order chi connectivity index (χ1) is 13.1. The second-order valence-corrected chi connectivity index (χ2v) is 8.39. The molecule has 0 spiro atoms. The lowest BCUT2D eigenvalue weighted by Crippen LogP contribution is -2.38. The molecule has 0 unspecified atom stereocenters. The molecule has 2 amide bonds. The standard InChI is InChI=1S/C20H31N3O4S/c1-12(2)14(5)22-17(24)10-27-20(26)16-8-7-9-21-19(16)28-11-18(25)23-15(6)13(3)4/h7-9,12-15H,10-11H2,1-6H3,(H,22,24)(H,23,25)/t14-,15-/m0/s1. The van der Waals surface area contributed by atoms with Crippen LogP contribution in [-0.2, 0) is 14.3 Å². The summed E-state index contributed by atoms with van der Waals surface area (Å²) in [5.74, 6) is -0.364. The minimum absolute atomic E-state index is 0.0116. The van der Waals surface area contributed by atoms with Crippen LogP contribution in [0.5, 0.6) is 0 Å². The molecule has 0 aliphatic carbocycles. The normalized spacial score (nSPS) is 13.1. The van der Waals surface area contributed by atoms with Gasteiger partial charge in [-0.1, -0.05) is 39.5 Å². The zero-order valence-corrected chi connectivity index (χ0v) is 18.3. The lowest BCUT2D eigenvalue weighted by molar-refractivity contribution is -0.125. The Balaban J connectivity index is 2.61. The van der Waals surface area contributed by atoms with E-state index in [9.17, 15) is 14.4 Å². The van der Waals surface area contributed by atoms with Gasteiger partial charge in [-0.05, 0) is 37.8 Å². The molecule has 0 saturated heterocycles. The van der Waals surface area contributed by atoms with Crippen molar-refractivity contribution >= 4 is 29.5 Å². The Labute approximate surface area is 171 Å². The second-order valence-electron chi connectivity index (χ2n) is 7.42. The summed E-state index contributed by atoms with van der Waals surface area (Å²) in [6.07, 6.45) is 1.55. The van der Waals surface area contributed by atoms with Gasteiger partial charge in [-0.2, -0.15) is 0 Å². The fourth-order valence-corrected chi connectivity index (χ4v) is 2.72. The van der Waals surface area contributed by atoms with E-state index in [0.717, 1.165) is 11.8 Å². The Morgan fingerprint density at radius 2 is 1.57 bits per heavy atom. The fourth-order valence-electron chi connectivity index (χ4n) is 1.93. The zero-order valence-electron chi connectivity index (χ0n) is 17.4. The predicted octanol–water partition coefficient (Wildman–Crippen LogP) is 2.65. The number of carbonyl (C=O) groups excluding carboxylic acids is 3. The molecule has 0 aliphatic heterocycles. The highest BCUT2D eigenvalue weighted by Gasteiger charge is 2.18. The Morgan fingerprint density at radius 1 is 1.00 bits per heavy atom. The summed E-state index contributed by atoms with van der Waals surface area (Å²) < 4.78 is 5.11. The number of hydrogen-bond acceptors (Lipinski definition) is 6. The van der Waals surface area contributed by atoms with E-state index < -0.39 is 5.97 Å². The van der Waals surface area contributed by atoms with Crippen molar-refractivity contribution in [3.63, 3.8) is 0 Å². The molecular formula is C20H31N3O4S. The van der Waals surface area contributed by atoms with E-state index in [1.807, 2.05) is 41.5 Å². The highest BCUT2D eigenvalue weighted by molar-refractivity contribution is 8.00. The van der Waals surface area contributed by atoms with Crippen LogP contribution in [0.2, 0.25) is 0 Å². The molecule has 156 valence electrons. The van der Waals surface area contributed by atoms with E-state index in [2.05, 4.69) is 15.6 Å². The van der Waals surface area contributed by atoms with Crippen LogP contribution < -0.4 is 10.6 Å². The van der Waals surface area contributed by atoms with Gasteiger partial charge in [0.15, 0.2) is 6.61 Å². The summed E-state index contributed by atoms with van der Waals surface area (Å²) in [7, 11) is 0. The van der Waals surface area contributed by atoms with Gasteiger partial charge in [-0.15, -0.1) is 0 Å². The van der Waals surface area contributed by atoms with Crippen LogP contribution in [0.1, 0.15) is 51.9 Å². The molecule has 1 heterocycles. The van der Waals surface area contributed by atoms with Crippen molar-refractivity contribution in [1.29, 1.82) is 0 Å². The molecule has 28 heavy (non-hydrogen) atoms. The molecule has 1 rings (SSSR count). The number of nitrogens with one attached hydrogen (secondary N) is 2. The Morgan fingerprint density at radius 3 is 2.14 bits per heavy atom. The number of amides is 2. The lowest BCUT2D eigenvalue weighted by Gasteiger charge is -2.17. The quantitative estimate of drug-likeness (QED) is 0.455. The average Bonchev–Trinajstić information content (AvgIpc) is 2.64. The number of aromatic nitrogens is 1. The molecule has 0 saturated carbocycles. The molecule has 0 aliphatic rings. The van der Waals surface area contributed by atoms with Crippen LogP contribution in [0.15, 0.2) is 23.4 Å². The van der Waals surface area contributed by atoms with Crippen LogP contribution in [0.25, 0.3) is 0 Å². The van der Waals surface area contributed by atoms with Crippen molar-refractivity contribution in [3.05, 3.63) is 23.9 Å². The van der Waals surface area contributed by atoms with E-state index in [1.54, 1.807) is 18.3 Å². The third-order valence-corrected chi connectivity index (χ3v) is 5.45. The maximum absolute atomic E-state index is 12.3. The molecule has 0 bridgehead atoms. The third-order valence-electron chi connectivity index (χ3n) is 4.44. The smallest absolute Gasteiger partial charge is 0.341 e. The number of esters is 1.